The van der Waals surface area contributed by atoms with Crippen molar-refractivity contribution in [1.82, 2.24) is 0 Å². The maximum atomic E-state index is 2.51. The minimum absolute atomic E-state index is 0.0304. The first-order valence-corrected chi connectivity index (χ1v) is 21.4. The molecule has 0 fully saturated rings. The van der Waals surface area contributed by atoms with Gasteiger partial charge in [0.2, 0.25) is 0 Å². The van der Waals surface area contributed by atoms with Gasteiger partial charge in [-0.1, -0.05) is 83.1 Å². The fraction of sp³-hybridized carbons (Fsp3) is 0.263. The lowest BCUT2D eigenvalue weighted by molar-refractivity contribution is 0.591. The largest absolute Gasteiger partial charge is 0.310 e. The van der Waals surface area contributed by atoms with Crippen LogP contribution in [0.3, 0.4) is 0 Å². The van der Waals surface area contributed by atoms with Crippen LogP contribution in [0.1, 0.15) is 96.2 Å². The average molecular weight is 773 g/mol. The molecular weight excluding hydrogens is 713 g/mol. The Kier molecular flexibility index (Phi) is 10.2. The Morgan fingerprint density at radius 3 is 1.03 bits per heavy atom. The molecule has 0 aliphatic heterocycles. The lowest BCUT2D eigenvalue weighted by Gasteiger charge is -2.31. The fourth-order valence-electron chi connectivity index (χ4n) is 8.54. The normalized spacial score (nSPS) is 12.0. The molecule has 8 aromatic rings. The molecule has 2 nitrogen and oxygen atoms in total. The highest BCUT2D eigenvalue weighted by Crippen LogP contribution is 2.49. The van der Waals surface area contributed by atoms with Crippen molar-refractivity contribution in [3.8, 4) is 0 Å². The van der Waals surface area contributed by atoms with E-state index < -0.39 is 0 Å². The van der Waals surface area contributed by atoms with Crippen LogP contribution >= 0.6 is 0 Å². The minimum atomic E-state index is -0.0304. The average Bonchev–Trinajstić information content (AvgIpc) is 3.19. The standard InChI is InChI=1S/C57H60N2/c1-34(2)43-18-24-49-51-33-56(59(47-22-16-37(5)41(9)28-47)48-23-17-38(6)42(10)29-48)54-31-44(57(11,12)13)19-25-50(54)52(51)32-55(53(49)30-43)58(45-20-14-35(3)39(7)26-45)46-21-15-36(4)40(8)27-46/h14-34H,1-13H3. The van der Waals surface area contributed by atoms with Crippen LogP contribution in [0.2, 0.25) is 0 Å². The number of hydrogen-bond acceptors (Lipinski definition) is 2. The van der Waals surface area contributed by atoms with E-state index >= 15 is 0 Å². The number of benzene rings is 8. The molecule has 0 aromatic heterocycles. The molecule has 8 aromatic carbocycles. The van der Waals surface area contributed by atoms with Crippen molar-refractivity contribution in [3.63, 3.8) is 0 Å². The molecule has 0 unspecified atom stereocenters. The first-order valence-electron chi connectivity index (χ1n) is 21.4. The minimum Gasteiger partial charge on any atom is -0.310 e. The number of fused-ring (bicyclic) bond motifs is 5. The number of rotatable bonds is 7. The van der Waals surface area contributed by atoms with E-state index in [-0.39, 0.29) is 5.41 Å². The third-order valence-electron chi connectivity index (χ3n) is 13.1. The molecule has 0 atom stereocenters. The molecule has 298 valence electrons. The number of nitrogens with zero attached hydrogens (tertiary/aromatic N) is 2. The zero-order valence-electron chi connectivity index (χ0n) is 37.5. The van der Waals surface area contributed by atoms with Crippen molar-refractivity contribution in [2.24, 2.45) is 0 Å². The Labute approximate surface area is 353 Å². The van der Waals surface area contributed by atoms with E-state index in [0.29, 0.717) is 5.92 Å². The second-order valence-electron chi connectivity index (χ2n) is 18.6. The van der Waals surface area contributed by atoms with Gasteiger partial charge in [0.15, 0.2) is 0 Å². The van der Waals surface area contributed by atoms with Gasteiger partial charge < -0.3 is 9.80 Å². The summed E-state index contributed by atoms with van der Waals surface area (Å²) < 4.78 is 0. The summed E-state index contributed by atoms with van der Waals surface area (Å²) in [4.78, 5) is 5.01. The molecule has 0 bridgehead atoms. The smallest absolute Gasteiger partial charge is 0.0546 e. The van der Waals surface area contributed by atoms with E-state index in [1.807, 2.05) is 0 Å². The lowest BCUT2D eigenvalue weighted by Crippen LogP contribution is -2.14. The highest BCUT2D eigenvalue weighted by Gasteiger charge is 2.25. The Morgan fingerprint density at radius 1 is 0.339 bits per heavy atom. The molecule has 0 N–H and O–H groups in total. The van der Waals surface area contributed by atoms with Crippen molar-refractivity contribution >= 4 is 66.4 Å². The Bertz CT molecular complexity index is 2830. The van der Waals surface area contributed by atoms with Crippen LogP contribution in [0, 0.1) is 55.4 Å². The van der Waals surface area contributed by atoms with Gasteiger partial charge in [-0.15, -0.1) is 0 Å². The van der Waals surface area contributed by atoms with E-state index in [1.165, 1.54) is 111 Å². The summed E-state index contributed by atoms with van der Waals surface area (Å²) >= 11 is 0. The number of hydrogen-bond donors (Lipinski definition) is 0. The molecule has 59 heavy (non-hydrogen) atoms. The van der Waals surface area contributed by atoms with Crippen LogP contribution in [-0.4, -0.2) is 0 Å². The number of anilines is 6. The van der Waals surface area contributed by atoms with Gasteiger partial charge in [0.25, 0.3) is 0 Å². The molecule has 0 radical (unpaired) electrons. The Hall–Kier alpha value is -5.86. The van der Waals surface area contributed by atoms with Crippen molar-refractivity contribution in [2.75, 3.05) is 9.80 Å². The summed E-state index contributed by atoms with van der Waals surface area (Å²) in [6.07, 6.45) is 0. The van der Waals surface area contributed by atoms with Crippen LogP contribution in [-0.2, 0) is 5.41 Å². The van der Waals surface area contributed by atoms with E-state index in [4.69, 9.17) is 0 Å². The molecule has 0 heterocycles. The van der Waals surface area contributed by atoms with Crippen molar-refractivity contribution in [2.45, 2.75) is 101 Å². The zero-order valence-corrected chi connectivity index (χ0v) is 37.5. The van der Waals surface area contributed by atoms with Gasteiger partial charge in [0.1, 0.15) is 0 Å². The van der Waals surface area contributed by atoms with Gasteiger partial charge in [-0.05, 0) is 217 Å². The molecule has 2 heteroatoms. The maximum Gasteiger partial charge on any atom is 0.0546 e. The summed E-state index contributed by atoms with van der Waals surface area (Å²) in [5.41, 5.74) is 20.0. The predicted octanol–water partition coefficient (Wildman–Crippen LogP) is 17.0. The SMILES string of the molecule is Cc1ccc(N(c2ccc(C)c(C)c2)c2cc3c4ccc(C(C)(C)C)cc4c(N(c4ccc(C)c(C)c4)c4ccc(C)c(C)c4)cc3c3ccc(C(C)C)cc23)cc1C. The van der Waals surface area contributed by atoms with Crippen LogP contribution in [0.15, 0.2) is 121 Å². The van der Waals surface area contributed by atoms with Gasteiger partial charge in [0, 0.05) is 33.5 Å². The van der Waals surface area contributed by atoms with Gasteiger partial charge >= 0.3 is 0 Å². The first-order chi connectivity index (χ1) is 28.0. The number of aryl methyl sites for hydroxylation is 8. The monoisotopic (exact) mass is 772 g/mol. The summed E-state index contributed by atoms with van der Waals surface area (Å²) in [5.74, 6) is 0.382. The van der Waals surface area contributed by atoms with Crippen LogP contribution in [0.4, 0.5) is 34.1 Å². The highest BCUT2D eigenvalue weighted by molar-refractivity contribution is 6.24. The quantitative estimate of drug-likeness (QED) is 0.149. The van der Waals surface area contributed by atoms with Crippen LogP contribution < -0.4 is 9.80 Å². The molecule has 0 aliphatic carbocycles. The van der Waals surface area contributed by atoms with Gasteiger partial charge in [-0.3, -0.25) is 0 Å². The Balaban J connectivity index is 1.55. The summed E-state index contributed by atoms with van der Waals surface area (Å²) in [6.45, 7) is 29.3. The molecule has 8 rings (SSSR count). The third-order valence-corrected chi connectivity index (χ3v) is 13.1. The maximum absolute atomic E-state index is 2.51. The third kappa shape index (κ3) is 7.28. The van der Waals surface area contributed by atoms with Crippen molar-refractivity contribution < 1.29 is 0 Å². The van der Waals surface area contributed by atoms with Crippen LogP contribution in [0.5, 0.6) is 0 Å². The summed E-state index contributed by atoms with van der Waals surface area (Å²) in [6, 6.07) is 47.1. The first kappa shape index (κ1) is 39.9. The molecule has 0 saturated carbocycles. The van der Waals surface area contributed by atoms with Crippen molar-refractivity contribution in [3.05, 3.63) is 177 Å². The van der Waals surface area contributed by atoms with Gasteiger partial charge in [-0.25, -0.2) is 0 Å². The predicted molar refractivity (Wildman–Crippen MR) is 259 cm³/mol. The second-order valence-corrected chi connectivity index (χ2v) is 18.6. The highest BCUT2D eigenvalue weighted by atomic mass is 15.2. The molecule has 0 spiro atoms. The van der Waals surface area contributed by atoms with Crippen molar-refractivity contribution in [1.29, 1.82) is 0 Å². The zero-order chi connectivity index (χ0) is 42.1. The fourth-order valence-corrected chi connectivity index (χ4v) is 8.54. The van der Waals surface area contributed by atoms with Gasteiger partial charge in [-0.2, -0.15) is 0 Å². The summed E-state index contributed by atoms with van der Waals surface area (Å²) in [5, 5.41) is 7.50. The summed E-state index contributed by atoms with van der Waals surface area (Å²) in [7, 11) is 0. The topological polar surface area (TPSA) is 6.48 Å². The second kappa shape index (κ2) is 15.1. The molecular formula is C57H60N2. The van der Waals surface area contributed by atoms with Crippen LogP contribution in [0.25, 0.3) is 32.3 Å². The lowest BCUT2D eigenvalue weighted by atomic mass is 9.84. The van der Waals surface area contributed by atoms with E-state index in [1.54, 1.807) is 0 Å². The van der Waals surface area contributed by atoms with E-state index in [9.17, 15) is 0 Å². The van der Waals surface area contributed by atoms with E-state index in [0.717, 1.165) is 11.4 Å². The van der Waals surface area contributed by atoms with Gasteiger partial charge in [0.05, 0.1) is 11.4 Å². The molecule has 0 amide bonds. The Morgan fingerprint density at radius 2 is 0.695 bits per heavy atom. The van der Waals surface area contributed by atoms with E-state index in [2.05, 4.69) is 221 Å². The molecule has 0 aliphatic rings. The molecule has 0 saturated heterocycles.